The van der Waals surface area contributed by atoms with Gasteiger partial charge in [-0.1, -0.05) is 45.7 Å². The van der Waals surface area contributed by atoms with Crippen LogP contribution in [0.25, 0.3) is 0 Å². The zero-order chi connectivity index (χ0) is 20.6. The zero-order valence-corrected chi connectivity index (χ0v) is 17.5. The largest absolute Gasteiger partial charge is 0.375 e. The van der Waals surface area contributed by atoms with Gasteiger partial charge >= 0.3 is 0 Å². The van der Waals surface area contributed by atoms with Gasteiger partial charge in [-0.15, -0.1) is 0 Å². The van der Waals surface area contributed by atoms with Crippen LogP contribution in [-0.2, 0) is 16.9 Å². The summed E-state index contributed by atoms with van der Waals surface area (Å²) < 4.78 is 0.705. The maximum atomic E-state index is 13.3. The Morgan fingerprint density at radius 3 is 2.69 bits per heavy atom. The predicted octanol–water partition coefficient (Wildman–Crippen LogP) is 4.50. The van der Waals surface area contributed by atoms with Crippen LogP contribution in [0.5, 0.6) is 0 Å². The number of halogens is 2. The molecule has 0 spiro atoms. The molecule has 1 amide bonds. The van der Waals surface area contributed by atoms with Gasteiger partial charge in [-0.05, 0) is 42.0 Å². The summed E-state index contributed by atoms with van der Waals surface area (Å²) in [7, 11) is 0. The Bertz CT molecular complexity index is 1110. The van der Waals surface area contributed by atoms with Crippen LogP contribution < -0.4 is 4.90 Å². The number of benzene rings is 2. The predicted molar refractivity (Wildman–Crippen MR) is 114 cm³/mol. The molecule has 2 aromatic carbocycles. The topological polar surface area (TPSA) is 70.5 Å². The number of aromatic nitrogens is 1. The van der Waals surface area contributed by atoms with Crippen molar-refractivity contribution in [3.05, 3.63) is 93.2 Å². The Kier molecular flexibility index (Phi) is 5.25. The van der Waals surface area contributed by atoms with Crippen molar-refractivity contribution >= 4 is 44.9 Å². The summed E-state index contributed by atoms with van der Waals surface area (Å²) in [5.74, 6) is -0.915. The molecule has 0 fully saturated rings. The van der Waals surface area contributed by atoms with E-state index in [1.807, 2.05) is 18.2 Å². The molecule has 1 aromatic heterocycles. The molecule has 1 aliphatic heterocycles. The van der Waals surface area contributed by atoms with Crippen LogP contribution in [0.1, 0.15) is 27.9 Å². The number of hydrogen-bond donors (Lipinski definition) is 1. The molecule has 1 aliphatic rings. The van der Waals surface area contributed by atoms with Crippen LogP contribution >= 0.6 is 27.5 Å². The van der Waals surface area contributed by atoms with Crippen molar-refractivity contribution in [2.75, 3.05) is 4.90 Å². The van der Waals surface area contributed by atoms with Crippen molar-refractivity contribution < 1.29 is 14.7 Å². The number of rotatable bonds is 5. The van der Waals surface area contributed by atoms with Crippen molar-refractivity contribution in [2.45, 2.75) is 18.6 Å². The fourth-order valence-corrected chi connectivity index (χ4v) is 4.07. The van der Waals surface area contributed by atoms with Crippen molar-refractivity contribution in [3.8, 4) is 0 Å². The van der Waals surface area contributed by atoms with Crippen molar-refractivity contribution in [2.24, 2.45) is 0 Å². The second kappa shape index (κ2) is 7.71. The summed E-state index contributed by atoms with van der Waals surface area (Å²) in [5, 5.41) is 11.9. The first kappa shape index (κ1) is 19.8. The van der Waals surface area contributed by atoms with Crippen LogP contribution in [0.4, 0.5) is 5.69 Å². The molecule has 3 aromatic rings. The van der Waals surface area contributed by atoms with Gasteiger partial charge in [0.15, 0.2) is 11.4 Å². The molecule has 5 nitrogen and oxygen atoms in total. The standard InChI is InChI=1S/C22H16BrClN2O3/c23-16-7-8-19-17(10-16)22(29,11-20(27)14-5-3-9-25-12-14)21(28)26(19)13-15-4-1-2-6-18(15)24/h1-10,12,29H,11,13H2. The number of pyridine rings is 1. The number of nitrogens with zero attached hydrogens (tertiary/aromatic N) is 2. The maximum absolute atomic E-state index is 13.3. The van der Waals surface area contributed by atoms with E-state index in [1.54, 1.807) is 42.6 Å². The van der Waals surface area contributed by atoms with Gasteiger partial charge in [-0.3, -0.25) is 14.6 Å². The smallest absolute Gasteiger partial charge is 0.264 e. The Hall–Kier alpha value is -2.54. The van der Waals surface area contributed by atoms with E-state index in [0.29, 0.717) is 26.3 Å². The van der Waals surface area contributed by atoms with Gasteiger partial charge in [0.2, 0.25) is 0 Å². The molecule has 1 atom stereocenters. The molecular weight excluding hydrogens is 456 g/mol. The summed E-state index contributed by atoms with van der Waals surface area (Å²) in [6.07, 6.45) is 2.61. The molecule has 0 saturated carbocycles. The minimum Gasteiger partial charge on any atom is -0.375 e. The Morgan fingerprint density at radius 1 is 1.17 bits per heavy atom. The SMILES string of the molecule is O=C(CC1(O)C(=O)N(Cc2ccccc2Cl)c2ccc(Br)cc21)c1cccnc1. The number of carbonyl (C=O) groups is 2. The normalized spacial score (nSPS) is 18.0. The maximum Gasteiger partial charge on any atom is 0.264 e. The number of fused-ring (bicyclic) bond motifs is 1. The number of ketones is 1. The van der Waals surface area contributed by atoms with Crippen LogP contribution in [0, 0.1) is 0 Å². The monoisotopic (exact) mass is 470 g/mol. The lowest BCUT2D eigenvalue weighted by Gasteiger charge is -2.23. The number of amides is 1. The van der Waals surface area contributed by atoms with E-state index in [4.69, 9.17) is 11.6 Å². The second-order valence-electron chi connectivity index (χ2n) is 6.85. The molecule has 0 aliphatic carbocycles. The zero-order valence-electron chi connectivity index (χ0n) is 15.2. The van der Waals surface area contributed by atoms with Gasteiger partial charge in [0.25, 0.3) is 5.91 Å². The number of Topliss-reactive ketones (excluding diaryl/α,β-unsaturated/α-hetero) is 1. The first-order chi connectivity index (χ1) is 13.9. The van der Waals surface area contributed by atoms with Gasteiger partial charge in [-0.2, -0.15) is 0 Å². The first-order valence-corrected chi connectivity index (χ1v) is 10.1. The number of hydrogen-bond acceptors (Lipinski definition) is 4. The van der Waals surface area contributed by atoms with E-state index < -0.39 is 11.5 Å². The lowest BCUT2D eigenvalue weighted by atomic mass is 9.88. The van der Waals surface area contributed by atoms with Crippen LogP contribution in [-0.4, -0.2) is 21.8 Å². The van der Waals surface area contributed by atoms with Gasteiger partial charge in [0.05, 0.1) is 18.7 Å². The van der Waals surface area contributed by atoms with Crippen molar-refractivity contribution in [1.82, 2.24) is 4.98 Å². The summed E-state index contributed by atoms with van der Waals surface area (Å²) in [5.41, 5.74) is 0.0719. The summed E-state index contributed by atoms with van der Waals surface area (Å²) >= 11 is 9.66. The van der Waals surface area contributed by atoms with E-state index in [9.17, 15) is 14.7 Å². The van der Waals surface area contributed by atoms with Crippen LogP contribution in [0.15, 0.2) is 71.5 Å². The van der Waals surface area contributed by atoms with E-state index in [0.717, 1.165) is 5.56 Å². The molecule has 0 bridgehead atoms. The molecule has 146 valence electrons. The van der Waals surface area contributed by atoms with E-state index in [1.165, 1.54) is 11.1 Å². The fraction of sp³-hybridized carbons (Fsp3) is 0.136. The van der Waals surface area contributed by atoms with E-state index in [-0.39, 0.29) is 18.7 Å². The third-order valence-electron chi connectivity index (χ3n) is 4.98. The van der Waals surface area contributed by atoms with Gasteiger partial charge in [-0.25, -0.2) is 0 Å². The van der Waals surface area contributed by atoms with Crippen molar-refractivity contribution in [1.29, 1.82) is 0 Å². The van der Waals surface area contributed by atoms with E-state index in [2.05, 4.69) is 20.9 Å². The Labute approximate surface area is 181 Å². The molecule has 2 heterocycles. The minimum absolute atomic E-state index is 0.191. The molecule has 7 heteroatoms. The minimum atomic E-state index is -1.96. The first-order valence-electron chi connectivity index (χ1n) is 8.91. The molecule has 0 radical (unpaired) electrons. The molecule has 0 saturated heterocycles. The summed E-state index contributed by atoms with van der Waals surface area (Å²) in [6.45, 7) is 0.191. The highest BCUT2D eigenvalue weighted by Crippen LogP contribution is 2.45. The van der Waals surface area contributed by atoms with Crippen molar-refractivity contribution in [3.63, 3.8) is 0 Å². The molecule has 1 N–H and O–H groups in total. The third kappa shape index (κ3) is 3.59. The lowest BCUT2D eigenvalue weighted by Crippen LogP contribution is -2.41. The van der Waals surface area contributed by atoms with Gasteiger partial charge in [0.1, 0.15) is 0 Å². The molecule has 4 rings (SSSR count). The summed E-state index contributed by atoms with van der Waals surface area (Å²) in [6, 6.07) is 15.7. The molecule has 29 heavy (non-hydrogen) atoms. The average Bonchev–Trinajstić information content (AvgIpc) is 2.92. The Balaban J connectivity index is 1.73. The highest BCUT2D eigenvalue weighted by atomic mass is 79.9. The summed E-state index contributed by atoms with van der Waals surface area (Å²) in [4.78, 5) is 31.5. The van der Waals surface area contributed by atoms with E-state index >= 15 is 0 Å². The number of carbonyl (C=O) groups excluding carboxylic acids is 2. The average molecular weight is 472 g/mol. The molecular formula is C22H16BrClN2O3. The third-order valence-corrected chi connectivity index (χ3v) is 5.84. The second-order valence-corrected chi connectivity index (χ2v) is 8.17. The lowest BCUT2D eigenvalue weighted by molar-refractivity contribution is -0.136. The Morgan fingerprint density at radius 2 is 1.97 bits per heavy atom. The van der Waals surface area contributed by atoms with Gasteiger partial charge in [0, 0.05) is 33.0 Å². The van der Waals surface area contributed by atoms with Crippen LogP contribution in [0.3, 0.4) is 0 Å². The number of anilines is 1. The molecule has 1 unspecified atom stereocenters. The van der Waals surface area contributed by atoms with Crippen LogP contribution in [0.2, 0.25) is 5.02 Å². The fourth-order valence-electron chi connectivity index (χ4n) is 3.51. The highest BCUT2D eigenvalue weighted by molar-refractivity contribution is 9.10. The number of aliphatic hydroxyl groups is 1. The quantitative estimate of drug-likeness (QED) is 0.556. The highest BCUT2D eigenvalue weighted by Gasteiger charge is 2.51. The van der Waals surface area contributed by atoms with Gasteiger partial charge < -0.3 is 10.0 Å².